The van der Waals surface area contributed by atoms with Crippen LogP contribution in [0.1, 0.15) is 61.2 Å². The number of benzene rings is 16. The van der Waals surface area contributed by atoms with E-state index in [1.165, 1.54) is 91.0 Å². The van der Waals surface area contributed by atoms with E-state index >= 15 is 0 Å². The van der Waals surface area contributed by atoms with Gasteiger partial charge in [0.2, 0.25) is 5.71 Å². The molecule has 0 unspecified atom stereocenters. The van der Waals surface area contributed by atoms with Gasteiger partial charge in [0.25, 0.3) is 0 Å². The zero-order valence-electron chi connectivity index (χ0n) is 62.7. The zero-order valence-corrected chi connectivity index (χ0v) is 63.6. The van der Waals surface area contributed by atoms with Crippen molar-refractivity contribution in [1.82, 2.24) is 4.57 Å². The van der Waals surface area contributed by atoms with Gasteiger partial charge in [0.15, 0.2) is 5.71 Å². The highest BCUT2D eigenvalue weighted by Gasteiger charge is 2.48. The van der Waals surface area contributed by atoms with E-state index in [0.29, 0.717) is 33.8 Å². The summed E-state index contributed by atoms with van der Waals surface area (Å²) < 4.78 is 89.6. The molecule has 0 atom stereocenters. The third kappa shape index (κ3) is 12.0. The molecule has 16 aromatic carbocycles. The van der Waals surface area contributed by atoms with Crippen LogP contribution in [-0.2, 0) is 23.2 Å². The SMILES string of the molecule is [NH2+]=C1C(c2ccc(-n3c4ccc(-c5ccc(-c6ccc7c(c6)C(c6ccccc6)(c6ccccc6)c6ccccc6-7)cc5)cc4c4cc(-c5ccc(-c6ccc7c(c6)C(c6ccccc6)(c6ccccc6)c6ccccc6-7)cc5)ccc43)cc2)=CC=C(N(c2ccc(-c3ccc(C(F)(F)F)cc3)cc2)c2ccc(C(F)(F)F)cc2)C1=NS. The van der Waals surface area contributed by atoms with Gasteiger partial charge in [-0.05, 0) is 250 Å². The summed E-state index contributed by atoms with van der Waals surface area (Å²) in [6.45, 7) is 0. The summed E-state index contributed by atoms with van der Waals surface area (Å²) in [6.07, 6.45) is -5.43. The molecule has 0 fully saturated rings. The summed E-state index contributed by atoms with van der Waals surface area (Å²) in [7, 11) is 0. The molecule has 4 nitrogen and oxygen atoms in total. The maximum absolute atomic E-state index is 14.1. The summed E-state index contributed by atoms with van der Waals surface area (Å²) in [6, 6.07) is 131. The highest BCUT2D eigenvalue weighted by atomic mass is 32.1. The molecule has 17 aromatic rings. The number of allylic oxidation sites excluding steroid dienone is 4. The molecule has 1 aromatic heterocycles. The number of nitrogens with zero attached hydrogens (tertiary/aromatic N) is 3. The van der Waals surface area contributed by atoms with Gasteiger partial charge in [0.1, 0.15) is 0 Å². The maximum Gasteiger partial charge on any atom is 0.416 e. The average molecular weight is 1540 g/mol. The quantitative estimate of drug-likeness (QED) is 0.0636. The number of halogens is 6. The van der Waals surface area contributed by atoms with Crippen LogP contribution in [0.15, 0.2) is 410 Å². The third-order valence-electron chi connectivity index (χ3n) is 23.9. The number of hydrogen-bond donors (Lipinski definition) is 2. The first-order chi connectivity index (χ1) is 57.1. The van der Waals surface area contributed by atoms with Gasteiger partial charge in [0.05, 0.1) is 44.3 Å². The molecular formula is C106H69F6N4S+. The number of nitrogens with two attached hydrogens (primary N) is 1. The molecule has 20 rings (SSSR count). The van der Waals surface area contributed by atoms with Crippen LogP contribution in [-0.4, -0.2) is 16.0 Å². The molecule has 0 spiro atoms. The first kappa shape index (κ1) is 71.9. The van der Waals surface area contributed by atoms with Crippen molar-refractivity contribution in [3.05, 3.63) is 467 Å². The fourth-order valence-electron chi connectivity index (χ4n) is 18.4. The van der Waals surface area contributed by atoms with Crippen LogP contribution in [0.3, 0.4) is 0 Å². The molecule has 560 valence electrons. The average Bonchev–Trinajstić information content (AvgIpc) is 1.54. The summed E-state index contributed by atoms with van der Waals surface area (Å²) in [4.78, 5) is 1.73. The number of alkyl halides is 6. The highest BCUT2D eigenvalue weighted by molar-refractivity contribution is 7.79. The van der Waals surface area contributed by atoms with Gasteiger partial charge < -0.3 is 9.47 Å². The Morgan fingerprint density at radius 2 is 0.607 bits per heavy atom. The molecule has 117 heavy (non-hydrogen) atoms. The Hall–Kier alpha value is -14.1. The second-order valence-electron chi connectivity index (χ2n) is 30.1. The van der Waals surface area contributed by atoms with Gasteiger partial charge in [-0.3, -0.25) is 5.41 Å². The number of thiol groups is 1. The minimum atomic E-state index is -4.59. The Balaban J connectivity index is 0.670. The number of hydrogen-bond acceptors (Lipinski definition) is 3. The van der Waals surface area contributed by atoms with Crippen molar-refractivity contribution < 1.29 is 31.8 Å². The molecule has 2 N–H and O–H groups in total. The first-order valence-electron chi connectivity index (χ1n) is 38.8. The van der Waals surface area contributed by atoms with E-state index in [-0.39, 0.29) is 11.4 Å². The second-order valence-corrected chi connectivity index (χ2v) is 30.3. The molecule has 3 aliphatic carbocycles. The van der Waals surface area contributed by atoms with Crippen LogP contribution in [0.4, 0.5) is 37.7 Å². The van der Waals surface area contributed by atoms with Gasteiger partial charge >= 0.3 is 12.4 Å². The van der Waals surface area contributed by atoms with E-state index in [1.807, 2.05) is 24.3 Å². The van der Waals surface area contributed by atoms with Gasteiger partial charge in [-0.25, -0.2) is 4.40 Å². The molecule has 3 aliphatic rings. The van der Waals surface area contributed by atoms with Crippen LogP contribution in [0.25, 0.3) is 111 Å². The highest BCUT2D eigenvalue weighted by Crippen LogP contribution is 2.59. The smallest absolute Gasteiger partial charge is 0.309 e. The molecule has 11 heteroatoms. The summed E-state index contributed by atoms with van der Waals surface area (Å²) in [5.74, 6) is 0. The van der Waals surface area contributed by atoms with E-state index in [2.05, 4.69) is 325 Å². The van der Waals surface area contributed by atoms with Crippen LogP contribution < -0.4 is 10.3 Å². The number of fused-ring (bicyclic) bond motifs is 9. The Labute approximate surface area is 678 Å². The van der Waals surface area contributed by atoms with E-state index in [9.17, 15) is 26.3 Å². The van der Waals surface area contributed by atoms with Crippen LogP contribution in [0, 0.1) is 0 Å². The molecule has 0 amide bonds. The number of aromatic nitrogens is 1. The van der Waals surface area contributed by atoms with Crippen LogP contribution >= 0.6 is 12.8 Å². The molecule has 0 radical (unpaired) electrons. The number of rotatable bonds is 14. The molecule has 0 bridgehead atoms. The van der Waals surface area contributed by atoms with Crippen molar-refractivity contribution in [2.24, 2.45) is 4.40 Å². The van der Waals surface area contributed by atoms with E-state index in [4.69, 9.17) is 5.41 Å². The lowest BCUT2D eigenvalue weighted by Crippen LogP contribution is -2.48. The molecule has 0 aliphatic heterocycles. The lowest BCUT2D eigenvalue weighted by atomic mass is 9.67. The van der Waals surface area contributed by atoms with Gasteiger partial charge in [0, 0.05) is 27.8 Å². The van der Waals surface area contributed by atoms with E-state index in [1.54, 1.807) is 29.2 Å². The third-order valence-corrected chi connectivity index (χ3v) is 24.1. The topological polar surface area (TPSA) is 46.1 Å². The Bertz CT molecular complexity index is 6490. The largest absolute Gasteiger partial charge is 0.416 e. The first-order valence-corrected chi connectivity index (χ1v) is 39.2. The normalized spacial score (nSPS) is 14.2. The second kappa shape index (κ2) is 28.5. The Morgan fingerprint density at radius 3 is 1.00 bits per heavy atom. The van der Waals surface area contributed by atoms with Crippen LogP contribution in [0.5, 0.6) is 0 Å². The van der Waals surface area contributed by atoms with Crippen molar-refractivity contribution in [3.8, 4) is 83.6 Å². The minimum Gasteiger partial charge on any atom is -0.309 e. The summed E-state index contributed by atoms with van der Waals surface area (Å²) in [5.41, 5.74) is 28.2. The molecular weight excluding hydrogens is 1480 g/mol. The Kier molecular flexibility index (Phi) is 17.5. The monoisotopic (exact) mass is 1540 g/mol. The predicted octanol–water partition coefficient (Wildman–Crippen LogP) is 26.5. The Morgan fingerprint density at radius 1 is 0.299 bits per heavy atom. The lowest BCUT2D eigenvalue weighted by Gasteiger charge is -2.34. The van der Waals surface area contributed by atoms with Crippen molar-refractivity contribution in [2.45, 2.75) is 23.2 Å². The van der Waals surface area contributed by atoms with Crippen molar-refractivity contribution in [1.29, 1.82) is 0 Å². The summed E-state index contributed by atoms with van der Waals surface area (Å²) >= 11 is 4.48. The number of anilines is 2. The lowest BCUT2D eigenvalue weighted by molar-refractivity contribution is -0.138. The molecule has 0 saturated carbocycles. The predicted molar refractivity (Wildman–Crippen MR) is 467 cm³/mol. The minimum absolute atomic E-state index is 0.261. The van der Waals surface area contributed by atoms with E-state index in [0.717, 1.165) is 102 Å². The van der Waals surface area contributed by atoms with Crippen molar-refractivity contribution >= 4 is 63.0 Å². The van der Waals surface area contributed by atoms with Gasteiger partial charge in [-0.15, -0.1) is 0 Å². The maximum atomic E-state index is 14.1. The van der Waals surface area contributed by atoms with Gasteiger partial charge in [-0.2, -0.15) is 26.3 Å². The van der Waals surface area contributed by atoms with E-state index < -0.39 is 34.3 Å². The van der Waals surface area contributed by atoms with Crippen molar-refractivity contribution in [2.75, 3.05) is 4.90 Å². The fraction of sp³-hybridized carbons (Fsp3) is 0.0377. The molecule has 1 heterocycles. The van der Waals surface area contributed by atoms with Crippen LogP contribution in [0.2, 0.25) is 0 Å². The fourth-order valence-corrected chi connectivity index (χ4v) is 18.6. The zero-order chi connectivity index (χ0) is 79.3. The van der Waals surface area contributed by atoms with Crippen molar-refractivity contribution in [3.63, 3.8) is 0 Å². The summed E-state index contributed by atoms with van der Waals surface area (Å²) in [5, 5.41) is 9.32. The van der Waals surface area contributed by atoms with Gasteiger partial charge in [-0.1, -0.05) is 291 Å². The standard InChI is InChI=1S/C106H68F6N4S/c107-105(108,109)82-47-37-67(38-48-82)68-39-51-84(52-40-68)115(85-55-49-83(50-56-85)106(110,111)112)100-62-59-87(101(113)102(100)114-117)73-41-53-86(54-42-73)116-98-60-45-74(69-29-33-71(34-30-69)76-43-57-90-88-25-13-15-27-94(88)103(96(90)65-76,78-17-5-1-6-18-78)79-19-7-2-8-20-79)63-92(98)93-64-75(46-61-99(93)116)70-31-35-72(36-32-70)77-44-58-91-89-26-14-16-28-95(89)104(97(91)66-77,80-21-9-3-10-22-80)81-23-11-4-12-24-81/h1-66,113,117H/p+1. The molecule has 0 saturated heterocycles.